The van der Waals surface area contributed by atoms with Crippen molar-refractivity contribution in [2.45, 2.75) is 40.2 Å². The summed E-state index contributed by atoms with van der Waals surface area (Å²) in [5.74, 6) is 0.624. The molecule has 6 heteroatoms. The zero-order chi connectivity index (χ0) is 13.5. The molecule has 0 amide bonds. The van der Waals surface area contributed by atoms with Gasteiger partial charge in [-0.05, 0) is 25.7 Å². The maximum atomic E-state index is 5.67. The summed E-state index contributed by atoms with van der Waals surface area (Å²) in [5.41, 5.74) is 7.35. The first-order valence-electron chi connectivity index (χ1n) is 6.36. The Hall–Kier alpha value is -1.01. The number of thiocarbonyl (C=S) groups is 1. The molecule has 0 atom stereocenters. The molecule has 0 aliphatic rings. The van der Waals surface area contributed by atoms with Gasteiger partial charge in [0.25, 0.3) is 0 Å². The van der Waals surface area contributed by atoms with Crippen molar-refractivity contribution in [2.75, 3.05) is 13.2 Å². The predicted molar refractivity (Wildman–Crippen MR) is 75.6 cm³/mol. The minimum absolute atomic E-state index is 0.316. The quantitative estimate of drug-likeness (QED) is 0.573. The van der Waals surface area contributed by atoms with E-state index in [1.165, 1.54) is 0 Å². The Morgan fingerprint density at radius 3 is 2.78 bits per heavy atom. The molecule has 2 N–H and O–H groups in total. The summed E-state index contributed by atoms with van der Waals surface area (Å²) in [6.45, 7) is 8.38. The van der Waals surface area contributed by atoms with Crippen LogP contribution in [0, 0.1) is 5.92 Å². The van der Waals surface area contributed by atoms with Gasteiger partial charge in [0.2, 0.25) is 0 Å². The fourth-order valence-corrected chi connectivity index (χ4v) is 1.83. The summed E-state index contributed by atoms with van der Waals surface area (Å²) in [6, 6.07) is 0. The largest absolute Gasteiger partial charge is 0.388 e. The third kappa shape index (κ3) is 4.34. The number of nitrogens with zero attached hydrogens (tertiary/aromatic N) is 3. The van der Waals surface area contributed by atoms with Crippen LogP contribution in [-0.2, 0) is 17.7 Å². The van der Waals surface area contributed by atoms with Crippen LogP contribution in [0.4, 0.5) is 0 Å². The summed E-state index contributed by atoms with van der Waals surface area (Å²) >= 11 is 5.01. The first-order chi connectivity index (χ1) is 8.56. The van der Waals surface area contributed by atoms with E-state index in [9.17, 15) is 0 Å². The lowest BCUT2D eigenvalue weighted by molar-refractivity contribution is 0.135. The molecule has 0 saturated carbocycles. The van der Waals surface area contributed by atoms with Gasteiger partial charge in [0.1, 0.15) is 10.7 Å². The van der Waals surface area contributed by atoms with Crippen LogP contribution in [0.1, 0.15) is 38.6 Å². The van der Waals surface area contributed by atoms with Gasteiger partial charge in [-0.25, -0.2) is 4.68 Å². The van der Waals surface area contributed by atoms with Gasteiger partial charge in [-0.15, -0.1) is 5.10 Å². The van der Waals surface area contributed by atoms with E-state index in [-0.39, 0.29) is 0 Å². The highest BCUT2D eigenvalue weighted by molar-refractivity contribution is 7.80. The fourth-order valence-electron chi connectivity index (χ4n) is 1.67. The van der Waals surface area contributed by atoms with Crippen LogP contribution in [0.5, 0.6) is 0 Å². The molecule has 1 aromatic heterocycles. The first kappa shape index (κ1) is 15.0. The second kappa shape index (κ2) is 7.43. The third-order valence-corrected chi connectivity index (χ3v) is 2.87. The van der Waals surface area contributed by atoms with E-state index >= 15 is 0 Å². The highest BCUT2D eigenvalue weighted by Crippen LogP contribution is 2.12. The monoisotopic (exact) mass is 270 g/mol. The highest BCUT2D eigenvalue weighted by Gasteiger charge is 2.15. The summed E-state index contributed by atoms with van der Waals surface area (Å²) in [4.78, 5) is 0.316. The minimum Gasteiger partial charge on any atom is -0.388 e. The van der Waals surface area contributed by atoms with Crippen LogP contribution in [0.25, 0.3) is 0 Å². The second-order valence-corrected chi connectivity index (χ2v) is 5.04. The topological polar surface area (TPSA) is 66.0 Å². The van der Waals surface area contributed by atoms with Gasteiger partial charge in [-0.1, -0.05) is 31.3 Å². The predicted octanol–water partition coefficient (Wildman–Crippen LogP) is 1.54. The molecule has 0 radical (unpaired) electrons. The van der Waals surface area contributed by atoms with E-state index < -0.39 is 0 Å². The Balaban J connectivity index is 2.78. The van der Waals surface area contributed by atoms with Crippen molar-refractivity contribution in [3.63, 3.8) is 0 Å². The normalized spacial score (nSPS) is 11.1. The van der Waals surface area contributed by atoms with Gasteiger partial charge in [-0.2, -0.15) is 0 Å². The maximum Gasteiger partial charge on any atom is 0.143 e. The van der Waals surface area contributed by atoms with Crippen LogP contribution >= 0.6 is 12.2 Å². The lowest BCUT2D eigenvalue weighted by Crippen LogP contribution is -2.16. The van der Waals surface area contributed by atoms with E-state index in [0.717, 1.165) is 18.5 Å². The van der Waals surface area contributed by atoms with Crippen LogP contribution in [-0.4, -0.2) is 33.2 Å². The summed E-state index contributed by atoms with van der Waals surface area (Å²) < 4.78 is 7.19. The summed E-state index contributed by atoms with van der Waals surface area (Å²) in [5, 5.41) is 8.17. The zero-order valence-electron chi connectivity index (χ0n) is 11.3. The van der Waals surface area contributed by atoms with Crippen molar-refractivity contribution < 1.29 is 4.74 Å². The second-order valence-electron chi connectivity index (χ2n) is 4.60. The van der Waals surface area contributed by atoms with Crippen molar-refractivity contribution in [1.82, 2.24) is 15.0 Å². The number of aromatic nitrogens is 3. The molecule has 102 valence electrons. The molecule has 0 bridgehead atoms. The standard InChI is InChI=1S/C12H22N4OS/c1-4-17-8-7-16-10(6-5-9(2)3)11(12(13)18)14-15-16/h9H,4-8H2,1-3H3,(H2,13,18). The Morgan fingerprint density at radius 2 is 2.22 bits per heavy atom. The van der Waals surface area contributed by atoms with E-state index in [1.807, 2.05) is 11.6 Å². The smallest absolute Gasteiger partial charge is 0.143 e. The van der Waals surface area contributed by atoms with Crippen LogP contribution < -0.4 is 5.73 Å². The van der Waals surface area contributed by atoms with Gasteiger partial charge in [-0.3, -0.25) is 0 Å². The molecule has 5 nitrogen and oxygen atoms in total. The average Bonchev–Trinajstić information content (AvgIpc) is 2.70. The SMILES string of the molecule is CCOCCn1nnc(C(N)=S)c1CCC(C)C. The minimum atomic E-state index is 0.316. The number of ether oxygens (including phenoxy) is 1. The van der Waals surface area contributed by atoms with E-state index in [0.29, 0.717) is 36.4 Å². The molecule has 1 aromatic rings. The third-order valence-electron chi connectivity index (χ3n) is 2.68. The number of nitrogens with two attached hydrogens (primary N) is 1. The Bertz CT molecular complexity index is 389. The molecule has 0 aliphatic heterocycles. The van der Waals surface area contributed by atoms with Crippen LogP contribution in [0.3, 0.4) is 0 Å². The Kier molecular flexibility index (Phi) is 6.21. The molecule has 0 unspecified atom stereocenters. The molecular formula is C12H22N4OS. The van der Waals surface area contributed by atoms with Crippen LogP contribution in [0.15, 0.2) is 0 Å². The molecule has 0 spiro atoms. The van der Waals surface area contributed by atoms with Crippen molar-refractivity contribution in [3.05, 3.63) is 11.4 Å². The maximum absolute atomic E-state index is 5.67. The molecule has 1 rings (SSSR count). The van der Waals surface area contributed by atoms with Gasteiger partial charge >= 0.3 is 0 Å². The van der Waals surface area contributed by atoms with E-state index in [1.54, 1.807) is 0 Å². The van der Waals surface area contributed by atoms with E-state index in [4.69, 9.17) is 22.7 Å². The summed E-state index contributed by atoms with van der Waals surface area (Å²) in [7, 11) is 0. The number of rotatable bonds is 8. The number of hydrogen-bond acceptors (Lipinski definition) is 4. The lowest BCUT2D eigenvalue weighted by Gasteiger charge is -2.09. The van der Waals surface area contributed by atoms with Crippen molar-refractivity contribution in [1.29, 1.82) is 0 Å². The van der Waals surface area contributed by atoms with E-state index in [2.05, 4.69) is 24.2 Å². The molecule has 0 aromatic carbocycles. The molecule has 18 heavy (non-hydrogen) atoms. The molecule has 0 saturated heterocycles. The molecular weight excluding hydrogens is 248 g/mol. The van der Waals surface area contributed by atoms with Gasteiger partial charge in [0.15, 0.2) is 0 Å². The average molecular weight is 270 g/mol. The van der Waals surface area contributed by atoms with Crippen molar-refractivity contribution >= 4 is 17.2 Å². The molecule has 0 fully saturated rings. The fraction of sp³-hybridized carbons (Fsp3) is 0.750. The molecule has 1 heterocycles. The van der Waals surface area contributed by atoms with Crippen molar-refractivity contribution in [2.24, 2.45) is 11.7 Å². The Morgan fingerprint density at radius 1 is 1.50 bits per heavy atom. The number of hydrogen-bond donors (Lipinski definition) is 1. The van der Waals surface area contributed by atoms with Gasteiger partial charge in [0, 0.05) is 6.61 Å². The van der Waals surface area contributed by atoms with Gasteiger partial charge < -0.3 is 10.5 Å². The van der Waals surface area contributed by atoms with Crippen molar-refractivity contribution in [3.8, 4) is 0 Å². The highest BCUT2D eigenvalue weighted by atomic mass is 32.1. The zero-order valence-corrected chi connectivity index (χ0v) is 12.2. The summed E-state index contributed by atoms with van der Waals surface area (Å²) in [6.07, 6.45) is 1.96. The first-order valence-corrected chi connectivity index (χ1v) is 6.77. The van der Waals surface area contributed by atoms with Crippen LogP contribution in [0.2, 0.25) is 0 Å². The lowest BCUT2D eigenvalue weighted by atomic mass is 10.1. The Labute approximate surface area is 114 Å². The van der Waals surface area contributed by atoms with Gasteiger partial charge in [0.05, 0.1) is 18.8 Å². The molecule has 0 aliphatic carbocycles.